The maximum Gasteiger partial charge on any atom is 0.261 e. The number of carbonyl (C=O) groups excluding carboxylic acids is 1. The van der Waals surface area contributed by atoms with Crippen LogP contribution in [0.25, 0.3) is 16.3 Å². The molecular weight excluding hydrogens is 442 g/mol. The fraction of sp³-hybridized carbons (Fsp3) is 0.0833. The zero-order valence-corrected chi connectivity index (χ0v) is 19.1. The maximum absolute atomic E-state index is 12.8. The zero-order chi connectivity index (χ0) is 22.7. The van der Waals surface area contributed by atoms with Crippen molar-refractivity contribution >= 4 is 54.9 Å². The summed E-state index contributed by atoms with van der Waals surface area (Å²) in [6, 6.07) is 19.4. The maximum atomic E-state index is 12.8. The number of thiazole rings is 1. The summed E-state index contributed by atoms with van der Waals surface area (Å²) in [5.41, 5.74) is 3.65. The Morgan fingerprint density at radius 1 is 0.938 bits per heavy atom. The van der Waals surface area contributed by atoms with Gasteiger partial charge in [-0.15, -0.1) is 11.3 Å². The van der Waals surface area contributed by atoms with Crippen molar-refractivity contribution in [3.63, 3.8) is 0 Å². The number of fused-ring (bicyclic) bond motifs is 1. The van der Waals surface area contributed by atoms with Crippen LogP contribution >= 0.6 is 11.3 Å². The van der Waals surface area contributed by atoms with Gasteiger partial charge in [0.1, 0.15) is 5.01 Å². The van der Waals surface area contributed by atoms with E-state index in [-0.39, 0.29) is 10.8 Å². The van der Waals surface area contributed by atoms with Gasteiger partial charge in [-0.25, -0.2) is 13.4 Å². The van der Waals surface area contributed by atoms with Gasteiger partial charge in [-0.05, 0) is 67.4 Å². The Hall–Kier alpha value is -3.49. The molecule has 0 atom stereocenters. The zero-order valence-electron chi connectivity index (χ0n) is 17.5. The molecule has 0 unspecified atom stereocenters. The molecule has 0 aliphatic rings. The molecule has 0 spiro atoms. The highest BCUT2D eigenvalue weighted by molar-refractivity contribution is 7.92. The summed E-state index contributed by atoms with van der Waals surface area (Å²) in [5, 5.41) is 3.46. The van der Waals surface area contributed by atoms with E-state index in [1.54, 1.807) is 18.2 Å². The summed E-state index contributed by atoms with van der Waals surface area (Å²) in [6.45, 7) is 3.71. The molecule has 1 heterocycles. The number of sulfonamides is 1. The van der Waals surface area contributed by atoms with Crippen molar-refractivity contribution in [1.29, 1.82) is 0 Å². The Kier molecular flexibility index (Phi) is 6.07. The van der Waals surface area contributed by atoms with Crippen LogP contribution in [0.2, 0.25) is 0 Å². The summed E-state index contributed by atoms with van der Waals surface area (Å²) in [6.07, 6.45) is 3.07. The molecule has 0 bridgehead atoms. The van der Waals surface area contributed by atoms with Gasteiger partial charge in [-0.3, -0.25) is 9.52 Å². The molecular formula is C24H21N3O3S2. The highest BCUT2D eigenvalue weighted by Crippen LogP contribution is 2.25. The van der Waals surface area contributed by atoms with Crippen LogP contribution in [0.15, 0.2) is 77.7 Å². The third-order valence-electron chi connectivity index (χ3n) is 4.84. The fourth-order valence-corrected chi connectivity index (χ4v) is 5.25. The summed E-state index contributed by atoms with van der Waals surface area (Å²) >= 11 is 1.50. The smallest absolute Gasteiger partial charge is 0.261 e. The van der Waals surface area contributed by atoms with E-state index in [1.165, 1.54) is 29.5 Å². The number of nitrogens with one attached hydrogen (secondary N) is 2. The number of hydrogen-bond donors (Lipinski definition) is 2. The summed E-state index contributed by atoms with van der Waals surface area (Å²) in [5.74, 6) is -0.325. The largest absolute Gasteiger partial charge is 0.323 e. The van der Waals surface area contributed by atoms with Gasteiger partial charge in [-0.1, -0.05) is 30.3 Å². The second-order valence-electron chi connectivity index (χ2n) is 7.24. The van der Waals surface area contributed by atoms with E-state index in [9.17, 15) is 13.2 Å². The van der Waals surface area contributed by atoms with Gasteiger partial charge in [0.2, 0.25) is 5.91 Å². The van der Waals surface area contributed by atoms with E-state index in [1.807, 2.05) is 56.3 Å². The highest BCUT2D eigenvalue weighted by atomic mass is 32.2. The molecule has 0 aliphatic heterocycles. The molecule has 32 heavy (non-hydrogen) atoms. The Morgan fingerprint density at radius 2 is 1.62 bits per heavy atom. The molecule has 3 aromatic carbocycles. The first-order valence-electron chi connectivity index (χ1n) is 9.85. The summed E-state index contributed by atoms with van der Waals surface area (Å²) in [4.78, 5) is 16.8. The minimum Gasteiger partial charge on any atom is -0.323 e. The number of rotatable bonds is 6. The molecule has 0 saturated carbocycles. The molecule has 4 rings (SSSR count). The lowest BCUT2D eigenvalue weighted by atomic mass is 10.1. The average molecular weight is 464 g/mol. The van der Waals surface area contributed by atoms with Crippen LogP contribution in [0.4, 0.5) is 11.4 Å². The lowest BCUT2D eigenvalue weighted by molar-refractivity contribution is -0.111. The third-order valence-corrected chi connectivity index (χ3v) is 7.20. The number of nitrogens with zero attached hydrogens (tertiary/aromatic N) is 1. The van der Waals surface area contributed by atoms with Crippen molar-refractivity contribution in [1.82, 2.24) is 4.98 Å². The lowest BCUT2D eigenvalue weighted by Crippen LogP contribution is -2.15. The van der Waals surface area contributed by atoms with Crippen LogP contribution in [-0.2, 0) is 14.8 Å². The lowest BCUT2D eigenvalue weighted by Gasteiger charge is -2.13. The Bertz CT molecular complexity index is 1370. The quantitative estimate of drug-likeness (QED) is 0.377. The van der Waals surface area contributed by atoms with E-state index >= 15 is 0 Å². The van der Waals surface area contributed by atoms with Gasteiger partial charge in [0, 0.05) is 11.8 Å². The number of carbonyl (C=O) groups is 1. The first kappa shape index (κ1) is 21.7. The Morgan fingerprint density at radius 3 is 2.31 bits per heavy atom. The summed E-state index contributed by atoms with van der Waals surface area (Å²) in [7, 11) is -3.75. The van der Waals surface area contributed by atoms with Gasteiger partial charge in [0.05, 0.1) is 20.8 Å². The van der Waals surface area contributed by atoms with Crippen molar-refractivity contribution in [2.45, 2.75) is 18.7 Å². The molecule has 8 heteroatoms. The molecule has 0 saturated heterocycles. The van der Waals surface area contributed by atoms with Gasteiger partial charge in [-0.2, -0.15) is 0 Å². The minimum absolute atomic E-state index is 0.114. The number of hydrogen-bond acceptors (Lipinski definition) is 5. The van der Waals surface area contributed by atoms with E-state index in [2.05, 4.69) is 15.0 Å². The monoisotopic (exact) mass is 463 g/mol. The minimum atomic E-state index is -3.75. The first-order valence-corrected chi connectivity index (χ1v) is 12.2. The first-order chi connectivity index (χ1) is 15.3. The van der Waals surface area contributed by atoms with E-state index in [0.29, 0.717) is 11.4 Å². The number of para-hydroxylation sites is 2. The number of anilines is 2. The van der Waals surface area contributed by atoms with Crippen molar-refractivity contribution in [3.8, 4) is 0 Å². The van der Waals surface area contributed by atoms with E-state index < -0.39 is 10.0 Å². The molecule has 1 amide bonds. The van der Waals surface area contributed by atoms with Crippen LogP contribution in [0.5, 0.6) is 0 Å². The number of aromatic nitrogens is 1. The molecule has 6 nitrogen and oxygen atoms in total. The van der Waals surface area contributed by atoms with E-state index in [4.69, 9.17) is 0 Å². The molecule has 4 aromatic rings. The number of amides is 1. The van der Waals surface area contributed by atoms with Crippen LogP contribution in [0.3, 0.4) is 0 Å². The van der Waals surface area contributed by atoms with Crippen molar-refractivity contribution < 1.29 is 13.2 Å². The van der Waals surface area contributed by atoms with Crippen LogP contribution in [0, 0.1) is 13.8 Å². The predicted molar refractivity (Wildman–Crippen MR) is 130 cm³/mol. The molecule has 0 radical (unpaired) electrons. The van der Waals surface area contributed by atoms with Crippen molar-refractivity contribution in [2.24, 2.45) is 0 Å². The van der Waals surface area contributed by atoms with Crippen LogP contribution in [-0.4, -0.2) is 19.3 Å². The molecule has 0 aliphatic carbocycles. The van der Waals surface area contributed by atoms with Crippen LogP contribution < -0.4 is 10.0 Å². The van der Waals surface area contributed by atoms with Crippen LogP contribution in [0.1, 0.15) is 16.1 Å². The predicted octanol–water partition coefficient (Wildman–Crippen LogP) is 5.37. The Balaban J connectivity index is 1.43. The number of benzene rings is 3. The van der Waals surface area contributed by atoms with Gasteiger partial charge >= 0.3 is 0 Å². The second kappa shape index (κ2) is 8.94. The number of aryl methyl sites for hydroxylation is 2. The van der Waals surface area contributed by atoms with E-state index in [0.717, 1.165) is 26.4 Å². The van der Waals surface area contributed by atoms with Crippen molar-refractivity contribution in [3.05, 3.63) is 88.9 Å². The molecule has 2 N–H and O–H groups in total. The van der Waals surface area contributed by atoms with Gasteiger partial charge in [0.25, 0.3) is 10.0 Å². The molecule has 162 valence electrons. The summed E-state index contributed by atoms with van der Waals surface area (Å²) < 4.78 is 29.2. The third kappa shape index (κ3) is 4.87. The topological polar surface area (TPSA) is 88.2 Å². The Labute approximate surface area is 190 Å². The normalized spacial score (nSPS) is 11.7. The van der Waals surface area contributed by atoms with Crippen molar-refractivity contribution in [2.75, 3.05) is 10.0 Å². The highest BCUT2D eigenvalue weighted by Gasteiger charge is 2.16. The second-order valence-corrected chi connectivity index (χ2v) is 9.98. The van der Waals surface area contributed by atoms with Gasteiger partial charge in [0.15, 0.2) is 0 Å². The van der Waals surface area contributed by atoms with Gasteiger partial charge < -0.3 is 5.32 Å². The SMILES string of the molecule is Cc1cccc(C)c1NS(=O)(=O)c1ccc(NC(=O)/C=C/c2nc3ccccc3s2)cc1. The fourth-order valence-electron chi connectivity index (χ4n) is 3.18. The average Bonchev–Trinajstić information content (AvgIpc) is 3.18. The molecule has 0 fully saturated rings. The molecule has 1 aromatic heterocycles. The standard InChI is InChI=1S/C24H21N3O3S2/c1-16-6-5-7-17(2)24(16)27-32(29,30)19-12-10-18(11-13-19)25-22(28)14-15-23-26-20-8-3-4-9-21(20)31-23/h3-15,27H,1-2H3,(H,25,28)/b15-14+.